The van der Waals surface area contributed by atoms with Crippen LogP contribution in [0.5, 0.6) is 17.4 Å². The average Bonchev–Trinajstić information content (AvgIpc) is 3.32. The van der Waals surface area contributed by atoms with E-state index in [1.54, 1.807) is 13.2 Å². The lowest BCUT2D eigenvalue weighted by molar-refractivity contribution is -0.176. The van der Waals surface area contributed by atoms with E-state index in [0.717, 1.165) is 49.4 Å². The van der Waals surface area contributed by atoms with Crippen molar-refractivity contribution in [1.29, 1.82) is 0 Å². The minimum Gasteiger partial charge on any atom is -0.490 e. The first-order chi connectivity index (χ1) is 16.8. The number of aryl methyl sites for hydroxylation is 1. The van der Waals surface area contributed by atoms with E-state index >= 15 is 0 Å². The maximum Gasteiger partial charge on any atom is 0.254 e. The molecule has 8 nitrogen and oxygen atoms in total. The summed E-state index contributed by atoms with van der Waals surface area (Å²) in [6.07, 6.45) is 3.85. The van der Waals surface area contributed by atoms with E-state index in [9.17, 15) is 4.79 Å². The van der Waals surface area contributed by atoms with Gasteiger partial charge in [0.25, 0.3) is 5.88 Å². The van der Waals surface area contributed by atoms with Gasteiger partial charge in [-0.25, -0.2) is 0 Å². The molecule has 1 spiro atoms. The van der Waals surface area contributed by atoms with E-state index in [1.807, 2.05) is 24.0 Å². The van der Waals surface area contributed by atoms with Gasteiger partial charge in [-0.1, -0.05) is 12.1 Å². The number of fused-ring (bicyclic) bond motifs is 3. The number of hydrogen-bond donors (Lipinski definition) is 0. The molecule has 2 atom stereocenters. The smallest absolute Gasteiger partial charge is 0.254 e. The molecule has 35 heavy (non-hydrogen) atoms. The second-order valence-electron chi connectivity index (χ2n) is 10.6. The normalized spacial score (nSPS) is 24.3. The molecule has 0 saturated carbocycles. The van der Waals surface area contributed by atoms with E-state index < -0.39 is 0 Å². The van der Waals surface area contributed by atoms with E-state index in [0.29, 0.717) is 37.7 Å². The van der Waals surface area contributed by atoms with Crippen molar-refractivity contribution < 1.29 is 28.3 Å². The summed E-state index contributed by atoms with van der Waals surface area (Å²) >= 11 is 0. The molecule has 0 aliphatic carbocycles. The van der Waals surface area contributed by atoms with Crippen LogP contribution in [-0.4, -0.2) is 55.0 Å². The Morgan fingerprint density at radius 3 is 2.77 bits per heavy atom. The fourth-order valence-corrected chi connectivity index (χ4v) is 5.88. The van der Waals surface area contributed by atoms with Crippen molar-refractivity contribution >= 4 is 5.91 Å². The van der Waals surface area contributed by atoms with Gasteiger partial charge in [0.05, 0.1) is 26.4 Å². The van der Waals surface area contributed by atoms with Crippen molar-refractivity contribution in [2.24, 2.45) is 11.3 Å². The molecule has 8 heteroatoms. The van der Waals surface area contributed by atoms with Gasteiger partial charge in [-0.05, 0) is 56.7 Å². The third-order valence-corrected chi connectivity index (χ3v) is 7.97. The number of piperidine rings is 1. The summed E-state index contributed by atoms with van der Waals surface area (Å²) in [7, 11) is 1.55. The zero-order valence-electron chi connectivity index (χ0n) is 21.2. The van der Waals surface area contributed by atoms with E-state index in [-0.39, 0.29) is 28.9 Å². The standard InChI is InChI=1S/C27H36N2O6/c1-5-32-21-8-6-7-19-24-20(26(2,3)34-25(19)21)16-27(17-33-24)11-13-29(14-12-27)23(30)10-9-18-15-22(31-4)28-35-18/h6-8,15,20,24H,5,9-14,16-17H2,1-4H3/t20-,24+/m0/s1. The van der Waals surface area contributed by atoms with Gasteiger partial charge in [-0.15, -0.1) is 0 Å². The van der Waals surface area contributed by atoms with Crippen LogP contribution in [0.25, 0.3) is 0 Å². The summed E-state index contributed by atoms with van der Waals surface area (Å²) in [6.45, 7) is 9.13. The number of ether oxygens (including phenoxy) is 4. The van der Waals surface area contributed by atoms with Gasteiger partial charge in [-0.3, -0.25) is 4.79 Å². The number of hydrogen-bond acceptors (Lipinski definition) is 7. The fraction of sp³-hybridized carbons (Fsp3) is 0.630. The van der Waals surface area contributed by atoms with Crippen LogP contribution < -0.4 is 14.2 Å². The molecule has 0 N–H and O–H groups in total. The summed E-state index contributed by atoms with van der Waals surface area (Å²) in [5.74, 6) is 3.11. The molecule has 3 aliphatic heterocycles. The van der Waals surface area contributed by atoms with Gasteiger partial charge in [0, 0.05) is 43.5 Å². The molecule has 190 valence electrons. The van der Waals surface area contributed by atoms with Crippen LogP contribution in [0.15, 0.2) is 28.8 Å². The zero-order valence-corrected chi connectivity index (χ0v) is 21.2. The Kier molecular flexibility index (Phi) is 6.42. The minimum absolute atomic E-state index is 0.00154. The van der Waals surface area contributed by atoms with Crippen LogP contribution in [0, 0.1) is 11.3 Å². The SMILES string of the molecule is CCOc1cccc2c1OC(C)(C)[C@H]1CC3(CCN(C(=O)CCc4cc(OC)no4)CC3)CO[C@H]21. The number of aromatic nitrogens is 1. The Labute approximate surface area is 206 Å². The van der Waals surface area contributed by atoms with Gasteiger partial charge in [0.1, 0.15) is 11.4 Å². The van der Waals surface area contributed by atoms with Crippen LogP contribution in [0.2, 0.25) is 0 Å². The largest absolute Gasteiger partial charge is 0.490 e. The molecule has 1 amide bonds. The van der Waals surface area contributed by atoms with Crippen molar-refractivity contribution in [2.45, 2.75) is 64.6 Å². The molecule has 5 rings (SSSR count). The predicted octanol–water partition coefficient (Wildman–Crippen LogP) is 4.57. The number of amides is 1. The van der Waals surface area contributed by atoms with E-state index in [4.69, 9.17) is 23.5 Å². The molecule has 3 aliphatic rings. The van der Waals surface area contributed by atoms with Crippen molar-refractivity contribution in [3.05, 3.63) is 35.6 Å². The van der Waals surface area contributed by atoms with Crippen molar-refractivity contribution in [3.8, 4) is 17.4 Å². The highest BCUT2D eigenvalue weighted by atomic mass is 16.5. The topological polar surface area (TPSA) is 83.3 Å². The van der Waals surface area contributed by atoms with Crippen molar-refractivity contribution in [2.75, 3.05) is 33.4 Å². The van der Waals surface area contributed by atoms with Gasteiger partial charge in [0.2, 0.25) is 5.91 Å². The molecule has 2 saturated heterocycles. The quantitative estimate of drug-likeness (QED) is 0.594. The van der Waals surface area contributed by atoms with Crippen molar-refractivity contribution in [3.63, 3.8) is 0 Å². The molecular weight excluding hydrogens is 448 g/mol. The Hall–Kier alpha value is -2.74. The van der Waals surface area contributed by atoms with E-state index in [2.05, 4.69) is 25.1 Å². The molecule has 1 aromatic carbocycles. The molecule has 0 unspecified atom stereocenters. The third-order valence-electron chi connectivity index (χ3n) is 7.97. The number of carbonyl (C=O) groups excluding carboxylic acids is 1. The molecule has 2 fully saturated rings. The molecular formula is C27H36N2O6. The number of para-hydroxylation sites is 1. The first-order valence-electron chi connectivity index (χ1n) is 12.7. The Morgan fingerprint density at radius 1 is 1.26 bits per heavy atom. The fourth-order valence-electron chi connectivity index (χ4n) is 5.88. The first kappa shape index (κ1) is 24.0. The summed E-state index contributed by atoms with van der Waals surface area (Å²) in [6, 6.07) is 7.83. The van der Waals surface area contributed by atoms with Crippen LogP contribution >= 0.6 is 0 Å². The Balaban J connectivity index is 1.22. The van der Waals surface area contributed by atoms with Crippen molar-refractivity contribution in [1.82, 2.24) is 10.1 Å². The zero-order chi connectivity index (χ0) is 24.6. The second-order valence-corrected chi connectivity index (χ2v) is 10.6. The minimum atomic E-state index is -0.372. The number of carbonyl (C=O) groups is 1. The maximum absolute atomic E-state index is 12.8. The van der Waals surface area contributed by atoms with Crippen LogP contribution in [-0.2, 0) is 16.0 Å². The van der Waals surface area contributed by atoms with Gasteiger partial charge in [-0.2, -0.15) is 0 Å². The molecule has 1 aromatic heterocycles. The lowest BCUT2D eigenvalue weighted by Crippen LogP contribution is -2.54. The summed E-state index contributed by atoms with van der Waals surface area (Å²) in [4.78, 5) is 14.8. The summed E-state index contributed by atoms with van der Waals surface area (Å²) < 4.78 is 29.3. The highest BCUT2D eigenvalue weighted by Gasteiger charge is 2.53. The van der Waals surface area contributed by atoms with Crippen LogP contribution in [0.4, 0.5) is 0 Å². The van der Waals surface area contributed by atoms with Gasteiger partial charge < -0.3 is 28.4 Å². The number of rotatable bonds is 6. The Morgan fingerprint density at radius 2 is 2.06 bits per heavy atom. The Bertz CT molecular complexity index is 1060. The number of nitrogens with zero attached hydrogens (tertiary/aromatic N) is 2. The molecule has 0 bridgehead atoms. The summed E-state index contributed by atoms with van der Waals surface area (Å²) in [5, 5.41) is 3.80. The molecule has 2 aromatic rings. The van der Waals surface area contributed by atoms with E-state index in [1.165, 1.54) is 0 Å². The van der Waals surface area contributed by atoms with Crippen LogP contribution in [0.1, 0.15) is 63.9 Å². The average molecular weight is 485 g/mol. The number of benzene rings is 1. The highest BCUT2D eigenvalue weighted by molar-refractivity contribution is 5.76. The lowest BCUT2D eigenvalue weighted by Gasteiger charge is -2.54. The maximum atomic E-state index is 12.8. The first-order valence-corrected chi connectivity index (χ1v) is 12.7. The molecule has 4 heterocycles. The third kappa shape index (κ3) is 4.60. The summed E-state index contributed by atoms with van der Waals surface area (Å²) in [5.41, 5.74) is 0.793. The number of likely N-dealkylation sites (tertiary alicyclic amines) is 1. The molecule has 0 radical (unpaired) electrons. The number of methoxy groups -OCH3 is 1. The van der Waals surface area contributed by atoms with Crippen LogP contribution in [0.3, 0.4) is 0 Å². The van der Waals surface area contributed by atoms with Gasteiger partial charge in [0.15, 0.2) is 11.5 Å². The predicted molar refractivity (Wildman–Crippen MR) is 129 cm³/mol. The second kappa shape index (κ2) is 9.37. The highest BCUT2D eigenvalue weighted by Crippen LogP contribution is 2.57. The van der Waals surface area contributed by atoms with Gasteiger partial charge >= 0.3 is 0 Å². The monoisotopic (exact) mass is 484 g/mol. The lowest BCUT2D eigenvalue weighted by atomic mass is 9.64.